The molecule has 0 saturated carbocycles. The molecule has 0 amide bonds. The second-order valence-corrected chi connectivity index (χ2v) is 6.63. The first kappa shape index (κ1) is 15.3. The lowest BCUT2D eigenvalue weighted by Crippen LogP contribution is -2.10. The Morgan fingerprint density at radius 3 is 2.33 bits per heavy atom. The first-order valence-corrected chi connectivity index (χ1v) is 8.29. The zero-order valence-electron chi connectivity index (χ0n) is 11.9. The highest BCUT2D eigenvalue weighted by atomic mass is 32.2. The number of halogens is 1. The van der Waals surface area contributed by atoms with E-state index in [1.807, 2.05) is 13.0 Å². The summed E-state index contributed by atoms with van der Waals surface area (Å²) in [6.07, 6.45) is 1.12. The van der Waals surface area contributed by atoms with Crippen molar-refractivity contribution in [3.05, 3.63) is 59.4 Å². The molecule has 0 aliphatic rings. The quantitative estimate of drug-likeness (QED) is 0.892. The summed E-state index contributed by atoms with van der Waals surface area (Å²) in [7, 11) is -3.28. The van der Waals surface area contributed by atoms with E-state index in [9.17, 15) is 12.8 Å². The molecule has 0 aliphatic carbocycles. The van der Waals surface area contributed by atoms with Crippen molar-refractivity contribution in [2.45, 2.75) is 13.5 Å². The average molecular weight is 308 g/mol. The van der Waals surface area contributed by atoms with E-state index < -0.39 is 10.0 Å². The molecule has 0 bridgehead atoms. The molecule has 112 valence electrons. The van der Waals surface area contributed by atoms with E-state index in [-0.39, 0.29) is 5.82 Å². The van der Waals surface area contributed by atoms with E-state index in [1.165, 1.54) is 12.1 Å². The lowest BCUT2D eigenvalue weighted by Gasteiger charge is -2.11. The molecule has 0 aromatic heterocycles. The predicted octanol–water partition coefficient (Wildman–Crippen LogP) is 3.12. The molecule has 0 radical (unpaired) electrons. The summed E-state index contributed by atoms with van der Waals surface area (Å²) < 4.78 is 37.7. The van der Waals surface area contributed by atoms with Crippen molar-refractivity contribution in [2.24, 2.45) is 0 Å². The van der Waals surface area contributed by atoms with Gasteiger partial charge in [-0.25, -0.2) is 12.8 Å². The molecular formula is C15H17FN2O2S. The second-order valence-electron chi connectivity index (χ2n) is 4.88. The van der Waals surface area contributed by atoms with Crippen LogP contribution in [-0.4, -0.2) is 14.7 Å². The summed E-state index contributed by atoms with van der Waals surface area (Å²) in [5.41, 5.74) is 3.22. The molecule has 0 saturated heterocycles. The fourth-order valence-electron chi connectivity index (χ4n) is 1.89. The molecule has 0 heterocycles. The van der Waals surface area contributed by atoms with Crippen LogP contribution in [0.3, 0.4) is 0 Å². The topological polar surface area (TPSA) is 58.2 Å². The van der Waals surface area contributed by atoms with Gasteiger partial charge in [0.1, 0.15) is 5.82 Å². The maximum atomic E-state index is 12.8. The van der Waals surface area contributed by atoms with E-state index in [1.54, 1.807) is 24.3 Å². The summed E-state index contributed by atoms with van der Waals surface area (Å²) in [5.74, 6) is -0.259. The Morgan fingerprint density at radius 1 is 1.10 bits per heavy atom. The zero-order chi connectivity index (χ0) is 15.5. The van der Waals surface area contributed by atoms with Gasteiger partial charge in [0.05, 0.1) is 11.9 Å². The second kappa shape index (κ2) is 6.13. The van der Waals surface area contributed by atoms with E-state index in [0.717, 1.165) is 23.1 Å². The van der Waals surface area contributed by atoms with Crippen LogP contribution in [0.15, 0.2) is 42.5 Å². The zero-order valence-corrected chi connectivity index (χ0v) is 12.7. The van der Waals surface area contributed by atoms with Crippen molar-refractivity contribution >= 4 is 21.4 Å². The number of rotatable bonds is 5. The third kappa shape index (κ3) is 4.75. The largest absolute Gasteiger partial charge is 0.381 e. The molecule has 0 unspecified atom stereocenters. The van der Waals surface area contributed by atoms with Crippen LogP contribution in [0, 0.1) is 12.7 Å². The Balaban J connectivity index is 2.05. The minimum absolute atomic E-state index is 0.259. The summed E-state index contributed by atoms with van der Waals surface area (Å²) in [6, 6.07) is 11.6. The highest BCUT2D eigenvalue weighted by Gasteiger charge is 2.05. The molecule has 2 aromatic rings. The Labute approximate surface area is 124 Å². The van der Waals surface area contributed by atoms with E-state index in [2.05, 4.69) is 10.0 Å². The Morgan fingerprint density at radius 2 is 1.76 bits per heavy atom. The van der Waals surface area contributed by atoms with Crippen LogP contribution in [0.1, 0.15) is 11.1 Å². The maximum Gasteiger partial charge on any atom is 0.229 e. The SMILES string of the molecule is Cc1cc(NCc2ccc(F)cc2)ccc1NS(C)(=O)=O. The Hall–Kier alpha value is -2.08. The maximum absolute atomic E-state index is 12.8. The van der Waals surface area contributed by atoms with Crippen molar-refractivity contribution in [2.75, 3.05) is 16.3 Å². The third-order valence-corrected chi connectivity index (χ3v) is 3.52. The smallest absolute Gasteiger partial charge is 0.229 e. The van der Waals surface area contributed by atoms with Crippen LogP contribution < -0.4 is 10.0 Å². The van der Waals surface area contributed by atoms with Crippen LogP contribution in [0.5, 0.6) is 0 Å². The first-order valence-electron chi connectivity index (χ1n) is 6.40. The van der Waals surface area contributed by atoms with Gasteiger partial charge in [0, 0.05) is 12.2 Å². The summed E-state index contributed by atoms with van der Waals surface area (Å²) in [4.78, 5) is 0. The number of hydrogen-bond donors (Lipinski definition) is 2. The summed E-state index contributed by atoms with van der Waals surface area (Å²) in [5, 5.41) is 3.21. The molecule has 4 nitrogen and oxygen atoms in total. The molecular weight excluding hydrogens is 291 g/mol. The number of hydrogen-bond acceptors (Lipinski definition) is 3. The van der Waals surface area contributed by atoms with Crippen LogP contribution in [0.4, 0.5) is 15.8 Å². The lowest BCUT2D eigenvalue weighted by molar-refractivity contribution is 0.606. The van der Waals surface area contributed by atoms with Crippen molar-refractivity contribution in [3.8, 4) is 0 Å². The van der Waals surface area contributed by atoms with Gasteiger partial charge in [0.2, 0.25) is 10.0 Å². The Bertz CT molecular complexity index is 728. The Kier molecular flexibility index (Phi) is 4.47. The van der Waals surface area contributed by atoms with Crippen molar-refractivity contribution in [1.82, 2.24) is 0 Å². The highest BCUT2D eigenvalue weighted by Crippen LogP contribution is 2.21. The summed E-state index contributed by atoms with van der Waals surface area (Å²) in [6.45, 7) is 2.40. The van der Waals surface area contributed by atoms with Gasteiger partial charge in [-0.15, -0.1) is 0 Å². The standard InChI is InChI=1S/C15H17FN2O2S/c1-11-9-14(7-8-15(11)18-21(2,19)20)17-10-12-3-5-13(16)6-4-12/h3-9,17-18H,10H2,1-2H3. The molecule has 2 aromatic carbocycles. The highest BCUT2D eigenvalue weighted by molar-refractivity contribution is 7.92. The number of sulfonamides is 1. The number of anilines is 2. The number of aryl methyl sites for hydroxylation is 1. The first-order chi connectivity index (χ1) is 9.83. The molecule has 21 heavy (non-hydrogen) atoms. The molecule has 0 atom stereocenters. The van der Waals surface area contributed by atoms with Gasteiger partial charge in [-0.05, 0) is 48.4 Å². The molecule has 0 aliphatic heterocycles. The van der Waals surface area contributed by atoms with Crippen LogP contribution in [-0.2, 0) is 16.6 Å². The minimum Gasteiger partial charge on any atom is -0.381 e. The van der Waals surface area contributed by atoms with Crippen molar-refractivity contribution in [3.63, 3.8) is 0 Å². The fourth-order valence-corrected chi connectivity index (χ4v) is 2.52. The van der Waals surface area contributed by atoms with Crippen LogP contribution in [0.2, 0.25) is 0 Å². The predicted molar refractivity (Wildman–Crippen MR) is 83.4 cm³/mol. The molecule has 6 heteroatoms. The minimum atomic E-state index is -3.28. The molecule has 0 spiro atoms. The normalized spacial score (nSPS) is 11.2. The van der Waals surface area contributed by atoms with E-state index in [4.69, 9.17) is 0 Å². The van der Waals surface area contributed by atoms with Crippen molar-refractivity contribution in [1.29, 1.82) is 0 Å². The molecule has 2 N–H and O–H groups in total. The lowest BCUT2D eigenvalue weighted by atomic mass is 10.1. The monoisotopic (exact) mass is 308 g/mol. The van der Waals surface area contributed by atoms with Gasteiger partial charge in [0.15, 0.2) is 0 Å². The summed E-state index contributed by atoms with van der Waals surface area (Å²) >= 11 is 0. The van der Waals surface area contributed by atoms with Gasteiger partial charge in [-0.3, -0.25) is 4.72 Å². The van der Waals surface area contributed by atoms with Crippen molar-refractivity contribution < 1.29 is 12.8 Å². The van der Waals surface area contributed by atoms with Crippen LogP contribution in [0.25, 0.3) is 0 Å². The van der Waals surface area contributed by atoms with E-state index >= 15 is 0 Å². The number of nitrogens with one attached hydrogen (secondary N) is 2. The molecule has 2 rings (SSSR count). The van der Waals surface area contributed by atoms with Gasteiger partial charge in [-0.1, -0.05) is 12.1 Å². The number of benzene rings is 2. The van der Waals surface area contributed by atoms with E-state index in [0.29, 0.717) is 12.2 Å². The average Bonchev–Trinajstić information content (AvgIpc) is 2.40. The van der Waals surface area contributed by atoms with Gasteiger partial charge in [0.25, 0.3) is 0 Å². The fraction of sp³-hybridized carbons (Fsp3) is 0.200. The van der Waals surface area contributed by atoms with Gasteiger partial charge >= 0.3 is 0 Å². The third-order valence-electron chi connectivity index (χ3n) is 2.93. The molecule has 0 fully saturated rings. The van der Waals surface area contributed by atoms with Gasteiger partial charge in [-0.2, -0.15) is 0 Å². The van der Waals surface area contributed by atoms with Crippen LogP contribution >= 0.6 is 0 Å². The van der Waals surface area contributed by atoms with Gasteiger partial charge < -0.3 is 5.32 Å².